The van der Waals surface area contributed by atoms with E-state index in [0.29, 0.717) is 30.3 Å². The Balaban J connectivity index is 1.47. The Kier molecular flexibility index (Phi) is 4.77. The molecule has 0 spiro atoms. The number of carbonyl (C=O) groups excluding carboxylic acids is 1. The fourth-order valence-corrected chi connectivity index (χ4v) is 2.75. The zero-order valence-electron chi connectivity index (χ0n) is 12.4. The molecule has 3 heterocycles. The average molecular weight is 333 g/mol. The predicted molar refractivity (Wildman–Crippen MR) is 83.0 cm³/mol. The normalized spacial score (nSPS) is 10.8. The predicted octanol–water partition coefficient (Wildman–Crippen LogP) is 2.34. The van der Waals surface area contributed by atoms with Crippen molar-refractivity contribution in [2.75, 3.05) is 11.1 Å². The average Bonchev–Trinajstić information content (AvgIpc) is 3.24. The Hall–Kier alpha value is -2.55. The molecule has 1 N–H and O–H groups in total. The maximum atomic E-state index is 11.8. The summed E-state index contributed by atoms with van der Waals surface area (Å²) in [5, 5.41) is 15.1. The van der Waals surface area contributed by atoms with Crippen LogP contribution in [0.4, 0.5) is 5.82 Å². The summed E-state index contributed by atoms with van der Waals surface area (Å²) in [7, 11) is 0. The highest BCUT2D eigenvalue weighted by Gasteiger charge is 2.10. The lowest BCUT2D eigenvalue weighted by atomic mass is 10.4. The molecule has 0 atom stereocenters. The number of carbonyl (C=O) groups is 1. The van der Waals surface area contributed by atoms with Crippen molar-refractivity contribution in [2.24, 2.45) is 0 Å². The van der Waals surface area contributed by atoms with Crippen LogP contribution >= 0.6 is 11.8 Å². The van der Waals surface area contributed by atoms with Crippen molar-refractivity contribution in [3.63, 3.8) is 0 Å². The van der Waals surface area contributed by atoms with Gasteiger partial charge in [0.2, 0.25) is 5.91 Å². The van der Waals surface area contributed by atoms with Gasteiger partial charge in [-0.25, -0.2) is 0 Å². The summed E-state index contributed by atoms with van der Waals surface area (Å²) in [6.45, 7) is 2.33. The number of nitrogens with zero attached hydrogens (tertiary/aromatic N) is 4. The lowest BCUT2D eigenvalue weighted by Crippen LogP contribution is -2.12. The van der Waals surface area contributed by atoms with Gasteiger partial charge >= 0.3 is 0 Å². The largest absolute Gasteiger partial charge is 0.467 e. The Bertz CT molecular complexity index is 765. The molecule has 3 rings (SSSR count). The lowest BCUT2D eigenvalue weighted by Gasteiger charge is -2.04. The van der Waals surface area contributed by atoms with Crippen LogP contribution in [0.15, 0.2) is 44.9 Å². The molecule has 120 valence electrons. The topological polar surface area (TPSA) is 99.0 Å². The number of nitrogens with one attached hydrogen (secondary N) is 1. The van der Waals surface area contributed by atoms with Gasteiger partial charge in [-0.15, -0.1) is 10.2 Å². The molecule has 0 saturated heterocycles. The molecular weight excluding hydrogens is 318 g/mol. The molecule has 9 heteroatoms. The van der Waals surface area contributed by atoms with Gasteiger partial charge in [-0.3, -0.25) is 4.79 Å². The summed E-state index contributed by atoms with van der Waals surface area (Å²) in [5.41, 5.74) is 0. The second-order valence-electron chi connectivity index (χ2n) is 4.79. The Morgan fingerprint density at radius 3 is 3.13 bits per heavy atom. The van der Waals surface area contributed by atoms with E-state index in [0.717, 1.165) is 10.9 Å². The van der Waals surface area contributed by atoms with Gasteiger partial charge in [0.1, 0.15) is 17.8 Å². The second kappa shape index (κ2) is 7.14. The smallest absolute Gasteiger partial charge is 0.226 e. The number of aryl methyl sites for hydroxylation is 1. The summed E-state index contributed by atoms with van der Waals surface area (Å²) in [4.78, 5) is 11.8. The van der Waals surface area contributed by atoms with Crippen LogP contribution in [0.3, 0.4) is 0 Å². The molecule has 0 unspecified atom stereocenters. The number of furan rings is 1. The first-order valence-electron chi connectivity index (χ1n) is 6.97. The van der Waals surface area contributed by atoms with Gasteiger partial charge < -0.3 is 18.8 Å². The quantitative estimate of drug-likeness (QED) is 0.662. The van der Waals surface area contributed by atoms with Crippen LogP contribution in [0, 0.1) is 6.92 Å². The molecule has 1 amide bonds. The van der Waals surface area contributed by atoms with E-state index in [-0.39, 0.29) is 5.91 Å². The zero-order valence-corrected chi connectivity index (χ0v) is 13.2. The summed E-state index contributed by atoms with van der Waals surface area (Å²) in [5.74, 6) is 2.37. The van der Waals surface area contributed by atoms with Crippen LogP contribution in [0.5, 0.6) is 0 Å². The van der Waals surface area contributed by atoms with Gasteiger partial charge in [0, 0.05) is 18.2 Å². The Morgan fingerprint density at radius 2 is 2.39 bits per heavy atom. The number of thioether (sulfide) groups is 1. The van der Waals surface area contributed by atoms with E-state index in [9.17, 15) is 4.79 Å². The van der Waals surface area contributed by atoms with Gasteiger partial charge in [-0.2, -0.15) is 0 Å². The zero-order chi connectivity index (χ0) is 16.1. The molecular formula is C14H15N5O3S. The molecule has 0 aliphatic rings. The third-order valence-electron chi connectivity index (χ3n) is 2.94. The molecule has 3 aromatic rings. The molecule has 0 bridgehead atoms. The highest BCUT2D eigenvalue weighted by molar-refractivity contribution is 7.99. The maximum Gasteiger partial charge on any atom is 0.226 e. The summed E-state index contributed by atoms with van der Waals surface area (Å²) in [6, 6.07) is 5.40. The van der Waals surface area contributed by atoms with Gasteiger partial charge in [0.15, 0.2) is 11.0 Å². The summed E-state index contributed by atoms with van der Waals surface area (Å²) in [6.07, 6.45) is 3.61. The molecule has 3 aromatic heterocycles. The standard InChI is InChI=1S/C14H15N5O3S/c1-10-7-12(18-22-10)16-13(20)4-6-23-14-17-15-9-19(14)8-11-3-2-5-21-11/h2-3,5,7,9H,4,6,8H2,1H3,(H,16,18,20). The highest BCUT2D eigenvalue weighted by Crippen LogP contribution is 2.18. The van der Waals surface area contributed by atoms with E-state index in [1.807, 2.05) is 16.7 Å². The second-order valence-corrected chi connectivity index (χ2v) is 5.85. The van der Waals surface area contributed by atoms with Gasteiger partial charge in [0.25, 0.3) is 0 Å². The Labute approximate surface area is 136 Å². The third-order valence-corrected chi connectivity index (χ3v) is 3.92. The SMILES string of the molecule is Cc1cc(NC(=O)CCSc2nncn2Cc2ccco2)no1. The van der Waals surface area contributed by atoms with E-state index in [1.54, 1.807) is 25.6 Å². The number of aromatic nitrogens is 4. The van der Waals surface area contributed by atoms with Crippen molar-refractivity contribution in [2.45, 2.75) is 25.0 Å². The van der Waals surface area contributed by atoms with Crippen molar-refractivity contribution in [1.29, 1.82) is 0 Å². The molecule has 23 heavy (non-hydrogen) atoms. The first-order valence-corrected chi connectivity index (χ1v) is 7.95. The first kappa shape index (κ1) is 15.3. The van der Waals surface area contributed by atoms with Crippen LogP contribution < -0.4 is 5.32 Å². The van der Waals surface area contributed by atoms with Crippen LogP contribution in [0.1, 0.15) is 17.9 Å². The minimum absolute atomic E-state index is 0.122. The van der Waals surface area contributed by atoms with Gasteiger partial charge in [-0.05, 0) is 19.1 Å². The molecule has 0 aliphatic carbocycles. The van der Waals surface area contributed by atoms with Crippen molar-refractivity contribution >= 4 is 23.5 Å². The van der Waals surface area contributed by atoms with Gasteiger partial charge in [0.05, 0.1) is 12.8 Å². The van der Waals surface area contributed by atoms with Crippen molar-refractivity contribution in [3.05, 3.63) is 42.3 Å². The minimum Gasteiger partial charge on any atom is -0.467 e. The number of hydrogen-bond acceptors (Lipinski definition) is 7. The van der Waals surface area contributed by atoms with Crippen molar-refractivity contribution < 1.29 is 13.7 Å². The summed E-state index contributed by atoms with van der Waals surface area (Å²) < 4.78 is 12.1. The van der Waals surface area contributed by atoms with Crippen molar-refractivity contribution in [3.8, 4) is 0 Å². The van der Waals surface area contributed by atoms with Crippen LogP contribution in [0.2, 0.25) is 0 Å². The number of anilines is 1. The maximum absolute atomic E-state index is 11.8. The van der Waals surface area contributed by atoms with Crippen LogP contribution in [0.25, 0.3) is 0 Å². The summed E-state index contributed by atoms with van der Waals surface area (Å²) >= 11 is 1.46. The molecule has 0 aliphatic heterocycles. The van der Waals surface area contributed by atoms with E-state index in [1.165, 1.54) is 11.8 Å². The van der Waals surface area contributed by atoms with E-state index in [2.05, 4.69) is 20.7 Å². The Morgan fingerprint density at radius 1 is 1.48 bits per heavy atom. The molecule has 0 aromatic carbocycles. The molecule has 0 fully saturated rings. The van der Waals surface area contributed by atoms with Gasteiger partial charge in [-0.1, -0.05) is 16.9 Å². The lowest BCUT2D eigenvalue weighted by molar-refractivity contribution is -0.115. The van der Waals surface area contributed by atoms with E-state index < -0.39 is 0 Å². The molecule has 0 radical (unpaired) electrons. The molecule has 0 saturated carbocycles. The fourth-order valence-electron chi connectivity index (χ4n) is 1.90. The first-order chi connectivity index (χ1) is 11.2. The van der Waals surface area contributed by atoms with E-state index >= 15 is 0 Å². The van der Waals surface area contributed by atoms with Crippen LogP contribution in [-0.4, -0.2) is 31.6 Å². The number of amides is 1. The third kappa shape index (κ3) is 4.22. The van der Waals surface area contributed by atoms with Crippen molar-refractivity contribution in [1.82, 2.24) is 19.9 Å². The fraction of sp³-hybridized carbons (Fsp3) is 0.286. The number of hydrogen-bond donors (Lipinski definition) is 1. The van der Waals surface area contributed by atoms with E-state index in [4.69, 9.17) is 8.94 Å². The number of rotatable bonds is 7. The minimum atomic E-state index is -0.122. The highest BCUT2D eigenvalue weighted by atomic mass is 32.2. The molecule has 8 nitrogen and oxygen atoms in total. The van der Waals surface area contributed by atoms with Crippen LogP contribution in [-0.2, 0) is 11.3 Å². The monoisotopic (exact) mass is 333 g/mol.